The fraction of sp³-hybridized carbons (Fsp3) is 0.750. The van der Waals surface area contributed by atoms with Gasteiger partial charge in [0.05, 0.1) is 6.20 Å². The summed E-state index contributed by atoms with van der Waals surface area (Å²) in [5, 5.41) is 4.25. The number of carbonyl (C=O) groups is 1. The van der Waals surface area contributed by atoms with Gasteiger partial charge >= 0.3 is 0 Å². The quantitative estimate of drug-likeness (QED) is 0.841. The van der Waals surface area contributed by atoms with E-state index in [2.05, 4.69) is 21.1 Å². The number of nitrogens with zero attached hydrogens (tertiary/aromatic N) is 4. The Kier molecular flexibility index (Phi) is 3.06. The molecule has 0 bridgehead atoms. The number of aryl methyl sites for hydroxylation is 1. The molecule has 1 saturated carbocycles. The molecule has 2 aliphatic heterocycles. The molecular weight excluding hydrogens is 264 g/mol. The monoisotopic (exact) mass is 288 g/mol. The van der Waals surface area contributed by atoms with Crippen LogP contribution in [-0.2, 0) is 18.4 Å². The van der Waals surface area contributed by atoms with Crippen LogP contribution in [0.2, 0.25) is 0 Å². The van der Waals surface area contributed by atoms with Crippen molar-refractivity contribution in [3.63, 3.8) is 0 Å². The molecule has 3 aliphatic rings. The van der Waals surface area contributed by atoms with Crippen molar-refractivity contribution in [2.24, 2.45) is 13.0 Å². The van der Waals surface area contributed by atoms with E-state index in [4.69, 9.17) is 0 Å². The highest BCUT2D eigenvalue weighted by molar-refractivity contribution is 5.77. The highest BCUT2D eigenvalue weighted by atomic mass is 16.2. The zero-order valence-electron chi connectivity index (χ0n) is 12.8. The van der Waals surface area contributed by atoms with Crippen LogP contribution < -0.4 is 0 Å². The maximum Gasteiger partial charge on any atom is 0.222 e. The molecule has 1 spiro atoms. The molecule has 0 radical (unpaired) electrons. The van der Waals surface area contributed by atoms with Crippen LogP contribution in [0, 0.1) is 5.92 Å². The number of rotatable bonds is 4. The van der Waals surface area contributed by atoms with Gasteiger partial charge in [-0.05, 0) is 31.6 Å². The van der Waals surface area contributed by atoms with Gasteiger partial charge in [-0.15, -0.1) is 0 Å². The van der Waals surface area contributed by atoms with Crippen molar-refractivity contribution in [1.29, 1.82) is 0 Å². The van der Waals surface area contributed by atoms with Gasteiger partial charge in [0, 0.05) is 56.9 Å². The fourth-order valence-corrected chi connectivity index (χ4v) is 3.84. The van der Waals surface area contributed by atoms with Gasteiger partial charge in [0.2, 0.25) is 5.91 Å². The number of likely N-dealkylation sites (tertiary alicyclic amines) is 2. The van der Waals surface area contributed by atoms with Crippen molar-refractivity contribution in [1.82, 2.24) is 19.6 Å². The smallest absolute Gasteiger partial charge is 0.222 e. The van der Waals surface area contributed by atoms with Crippen LogP contribution in [0.3, 0.4) is 0 Å². The summed E-state index contributed by atoms with van der Waals surface area (Å²) in [6, 6.07) is 0. The third kappa shape index (κ3) is 2.48. The van der Waals surface area contributed by atoms with Crippen molar-refractivity contribution >= 4 is 5.91 Å². The van der Waals surface area contributed by atoms with Crippen molar-refractivity contribution in [2.75, 3.05) is 19.6 Å². The van der Waals surface area contributed by atoms with Gasteiger partial charge in [0.25, 0.3) is 0 Å². The molecule has 21 heavy (non-hydrogen) atoms. The molecule has 0 N–H and O–H groups in total. The lowest BCUT2D eigenvalue weighted by Gasteiger charge is -2.50. The predicted octanol–water partition coefficient (Wildman–Crippen LogP) is 1.40. The molecule has 114 valence electrons. The molecular formula is C16H24N4O. The summed E-state index contributed by atoms with van der Waals surface area (Å²) in [5.41, 5.74) is 1.54. The van der Waals surface area contributed by atoms with Gasteiger partial charge in [-0.1, -0.05) is 0 Å². The first-order valence-electron chi connectivity index (χ1n) is 8.15. The third-order valence-corrected chi connectivity index (χ3v) is 5.49. The Morgan fingerprint density at radius 3 is 2.81 bits per heavy atom. The fourth-order valence-electron chi connectivity index (χ4n) is 3.84. The topological polar surface area (TPSA) is 41.4 Å². The third-order valence-electron chi connectivity index (χ3n) is 5.49. The highest BCUT2D eigenvalue weighted by Crippen LogP contribution is 2.41. The van der Waals surface area contributed by atoms with Gasteiger partial charge in [0.1, 0.15) is 0 Å². The van der Waals surface area contributed by atoms with E-state index >= 15 is 0 Å². The Bertz CT molecular complexity index is 550. The van der Waals surface area contributed by atoms with Crippen LogP contribution >= 0.6 is 0 Å². The maximum atomic E-state index is 12.3. The van der Waals surface area contributed by atoms with Crippen molar-refractivity contribution in [3.05, 3.63) is 18.0 Å². The number of amides is 1. The summed E-state index contributed by atoms with van der Waals surface area (Å²) in [6.07, 6.45) is 9.74. The second-order valence-corrected chi connectivity index (χ2v) is 7.13. The van der Waals surface area contributed by atoms with Crippen LogP contribution in [0.5, 0.6) is 0 Å². The molecule has 3 fully saturated rings. The van der Waals surface area contributed by atoms with Gasteiger partial charge in [0.15, 0.2) is 0 Å². The molecule has 2 saturated heterocycles. The van der Waals surface area contributed by atoms with E-state index in [0.717, 1.165) is 39.0 Å². The van der Waals surface area contributed by atoms with Crippen LogP contribution in [0.25, 0.3) is 0 Å². The predicted molar refractivity (Wildman–Crippen MR) is 79.5 cm³/mol. The van der Waals surface area contributed by atoms with E-state index in [9.17, 15) is 4.79 Å². The van der Waals surface area contributed by atoms with E-state index in [0.29, 0.717) is 11.8 Å². The average Bonchev–Trinajstić information content (AvgIpc) is 3.00. The van der Waals surface area contributed by atoms with Crippen molar-refractivity contribution in [2.45, 2.75) is 44.2 Å². The molecule has 0 aromatic carbocycles. The van der Waals surface area contributed by atoms with Crippen molar-refractivity contribution < 1.29 is 4.79 Å². The number of aromatic nitrogens is 2. The summed E-state index contributed by atoms with van der Waals surface area (Å²) in [5.74, 6) is 1.09. The van der Waals surface area contributed by atoms with Crippen molar-refractivity contribution in [3.8, 4) is 0 Å². The van der Waals surface area contributed by atoms with Crippen LogP contribution in [0.15, 0.2) is 12.4 Å². The first-order chi connectivity index (χ1) is 10.1. The highest BCUT2D eigenvalue weighted by Gasteiger charge is 2.50. The largest absolute Gasteiger partial charge is 0.341 e. The lowest BCUT2D eigenvalue weighted by atomic mass is 9.83. The lowest BCUT2D eigenvalue weighted by Crippen LogP contribution is -2.60. The normalized spacial score (nSPS) is 29.1. The first-order valence-corrected chi connectivity index (χ1v) is 8.15. The molecule has 1 unspecified atom stereocenters. The first kappa shape index (κ1) is 13.3. The Balaban J connectivity index is 1.37. The average molecular weight is 288 g/mol. The van der Waals surface area contributed by atoms with Gasteiger partial charge < -0.3 is 4.90 Å². The summed E-state index contributed by atoms with van der Waals surface area (Å²) in [4.78, 5) is 17.0. The number of carbonyl (C=O) groups excluding carboxylic acids is 1. The van der Waals surface area contributed by atoms with Gasteiger partial charge in [-0.2, -0.15) is 5.10 Å². The summed E-state index contributed by atoms with van der Waals surface area (Å²) < 4.78 is 1.86. The Hall–Kier alpha value is -1.36. The SMILES string of the molecule is Cn1cc(CN2CCC23CCN(C(=O)CC2CC2)C3)cn1. The molecule has 1 aliphatic carbocycles. The minimum atomic E-state index is 0.259. The van der Waals surface area contributed by atoms with Crippen LogP contribution in [0.4, 0.5) is 0 Å². The maximum absolute atomic E-state index is 12.3. The molecule has 1 aromatic heterocycles. The van der Waals surface area contributed by atoms with Gasteiger partial charge in [-0.3, -0.25) is 14.4 Å². The molecule has 1 aromatic rings. The minimum absolute atomic E-state index is 0.259. The van der Waals surface area contributed by atoms with Gasteiger partial charge in [-0.25, -0.2) is 0 Å². The summed E-state index contributed by atoms with van der Waals surface area (Å²) in [7, 11) is 1.96. The van der Waals surface area contributed by atoms with E-state index < -0.39 is 0 Å². The van der Waals surface area contributed by atoms with Crippen LogP contribution in [0.1, 0.15) is 37.7 Å². The molecule has 1 atom stereocenters. The molecule has 5 heteroatoms. The van der Waals surface area contributed by atoms with E-state index in [-0.39, 0.29) is 5.54 Å². The summed E-state index contributed by atoms with van der Waals surface area (Å²) in [6.45, 7) is 4.02. The van der Waals surface area contributed by atoms with E-state index in [1.54, 1.807) is 0 Å². The molecule has 5 nitrogen and oxygen atoms in total. The lowest BCUT2D eigenvalue weighted by molar-refractivity contribution is -0.131. The number of hydrogen-bond donors (Lipinski definition) is 0. The molecule has 4 rings (SSSR count). The Morgan fingerprint density at radius 2 is 2.19 bits per heavy atom. The Morgan fingerprint density at radius 1 is 1.38 bits per heavy atom. The minimum Gasteiger partial charge on any atom is -0.341 e. The standard InChI is InChI=1S/C16H24N4O/c1-18-10-14(9-17-18)11-20-7-5-16(20)4-6-19(12-16)15(21)8-13-2-3-13/h9-10,13H,2-8,11-12H2,1H3. The Labute approximate surface area is 125 Å². The van der Waals surface area contributed by atoms with E-state index in [1.807, 2.05) is 17.9 Å². The molecule has 3 heterocycles. The second kappa shape index (κ2) is 4.83. The summed E-state index contributed by atoms with van der Waals surface area (Å²) >= 11 is 0. The van der Waals surface area contributed by atoms with Crippen LogP contribution in [-0.4, -0.2) is 50.7 Å². The zero-order chi connectivity index (χ0) is 14.4. The number of hydrogen-bond acceptors (Lipinski definition) is 3. The zero-order valence-corrected chi connectivity index (χ0v) is 12.8. The molecule has 1 amide bonds. The van der Waals surface area contributed by atoms with E-state index in [1.165, 1.54) is 24.8 Å². The second-order valence-electron chi connectivity index (χ2n) is 7.13.